The van der Waals surface area contributed by atoms with Crippen LogP contribution in [-0.2, 0) is 32.0 Å². The second kappa shape index (κ2) is 15.3. The van der Waals surface area contributed by atoms with Crippen molar-refractivity contribution in [2.45, 2.75) is 23.6 Å². The SMILES string of the molecule is CC(=O)O.Cc1nn(-c2ccc(S(=O)(=O)O)cc2)c(N)c1N=Nc1ccc2cc(S(O)(O)O)c(N=Nc3cccc4cccnc34)c(O)c2c1.[Cu]. The molecule has 0 aliphatic rings. The molecular weight excluding hydrogens is 756 g/mol. The van der Waals surface area contributed by atoms with Gasteiger partial charge in [-0.2, -0.15) is 18.6 Å². The van der Waals surface area contributed by atoms with Crippen molar-refractivity contribution in [3.63, 3.8) is 0 Å². The molecule has 17 nitrogen and oxygen atoms in total. The van der Waals surface area contributed by atoms with Crippen LogP contribution in [0.3, 0.4) is 0 Å². The van der Waals surface area contributed by atoms with Crippen molar-refractivity contribution < 1.29 is 58.7 Å². The number of nitrogens with zero attached hydrogens (tertiary/aromatic N) is 7. The smallest absolute Gasteiger partial charge is 0.300 e. The number of anilines is 1. The molecule has 8 N–H and O–H groups in total. The molecule has 0 saturated carbocycles. The number of aromatic nitrogens is 3. The first-order valence-electron chi connectivity index (χ1n) is 14.1. The second-order valence-electron chi connectivity index (χ2n) is 10.5. The summed E-state index contributed by atoms with van der Waals surface area (Å²) in [5, 5.41) is 41.1. The maximum Gasteiger partial charge on any atom is 0.300 e. The van der Waals surface area contributed by atoms with E-state index < -0.39 is 37.6 Å². The van der Waals surface area contributed by atoms with Crippen LogP contribution in [0.1, 0.15) is 12.6 Å². The molecule has 2 heterocycles. The number of pyridine rings is 1. The van der Waals surface area contributed by atoms with Crippen molar-refractivity contribution in [3.05, 3.63) is 90.8 Å². The van der Waals surface area contributed by atoms with E-state index in [4.69, 9.17) is 15.6 Å². The largest absolute Gasteiger partial charge is 0.505 e. The number of nitrogen functional groups attached to an aromatic ring is 1. The van der Waals surface area contributed by atoms with Gasteiger partial charge in [-0.05, 0) is 66.9 Å². The Morgan fingerprint density at radius 3 is 2.14 bits per heavy atom. The summed E-state index contributed by atoms with van der Waals surface area (Å²) in [7, 11) is -8.70. The number of fused-ring (bicyclic) bond motifs is 2. The first-order chi connectivity index (χ1) is 23.5. The minimum atomic E-state index is -4.37. The van der Waals surface area contributed by atoms with Gasteiger partial charge in [0, 0.05) is 41.0 Å². The molecule has 51 heavy (non-hydrogen) atoms. The minimum Gasteiger partial charge on any atom is -0.505 e. The topological polar surface area (TPSA) is 279 Å². The molecule has 0 atom stereocenters. The molecule has 20 heteroatoms. The van der Waals surface area contributed by atoms with E-state index in [1.165, 1.54) is 47.1 Å². The Morgan fingerprint density at radius 2 is 1.49 bits per heavy atom. The molecule has 0 fully saturated rings. The number of aryl methyl sites for hydroxylation is 1. The molecule has 269 valence electrons. The van der Waals surface area contributed by atoms with Crippen molar-refractivity contribution in [2.24, 2.45) is 20.5 Å². The Bertz CT molecular complexity index is 2420. The molecule has 0 unspecified atom stereocenters. The van der Waals surface area contributed by atoms with Crippen LogP contribution in [0.4, 0.5) is 28.6 Å². The van der Waals surface area contributed by atoms with Crippen molar-refractivity contribution in [1.82, 2.24) is 14.8 Å². The molecule has 0 bridgehead atoms. The Morgan fingerprint density at radius 1 is 0.843 bits per heavy atom. The second-order valence-corrected chi connectivity index (χ2v) is 13.4. The van der Waals surface area contributed by atoms with Gasteiger partial charge < -0.3 is 29.6 Å². The first-order valence-corrected chi connectivity index (χ1v) is 17.1. The van der Waals surface area contributed by atoms with Crippen molar-refractivity contribution in [3.8, 4) is 11.4 Å². The van der Waals surface area contributed by atoms with Crippen LogP contribution in [0.15, 0.2) is 115 Å². The number of nitrogens with two attached hydrogens (primary N) is 1. The predicted octanol–water partition coefficient (Wildman–Crippen LogP) is 7.92. The molecule has 6 rings (SSSR count). The predicted molar refractivity (Wildman–Crippen MR) is 185 cm³/mol. The van der Waals surface area contributed by atoms with Crippen LogP contribution >= 0.6 is 10.9 Å². The normalized spacial score (nSPS) is 12.2. The Kier molecular flexibility index (Phi) is 11.5. The summed E-state index contributed by atoms with van der Waals surface area (Å²) in [4.78, 5) is 12.6. The summed E-state index contributed by atoms with van der Waals surface area (Å²) < 4.78 is 63.7. The molecule has 0 saturated heterocycles. The van der Waals surface area contributed by atoms with Gasteiger partial charge in [-0.25, -0.2) is 4.68 Å². The zero-order valence-corrected chi connectivity index (χ0v) is 28.9. The van der Waals surface area contributed by atoms with E-state index in [1.54, 1.807) is 37.4 Å². The zero-order valence-electron chi connectivity index (χ0n) is 26.3. The van der Waals surface area contributed by atoms with Gasteiger partial charge in [0.1, 0.15) is 22.2 Å². The number of aromatic hydroxyl groups is 1. The number of hydrogen-bond donors (Lipinski definition) is 7. The Labute approximate surface area is 301 Å². The van der Waals surface area contributed by atoms with E-state index in [0.717, 1.165) is 12.3 Å². The number of carbonyl (C=O) groups is 1. The van der Waals surface area contributed by atoms with Gasteiger partial charge in [-0.15, -0.1) is 15.3 Å². The number of carboxylic acids is 1. The zero-order chi connectivity index (χ0) is 36.4. The van der Waals surface area contributed by atoms with Gasteiger partial charge in [0.25, 0.3) is 16.1 Å². The maximum atomic E-state index is 11.4. The van der Waals surface area contributed by atoms with Gasteiger partial charge in [0.2, 0.25) is 0 Å². The number of carboxylic acid groups (broad SMARTS) is 1. The fourth-order valence-electron chi connectivity index (χ4n) is 4.69. The van der Waals surface area contributed by atoms with Crippen molar-refractivity contribution in [1.29, 1.82) is 0 Å². The van der Waals surface area contributed by atoms with E-state index >= 15 is 0 Å². The number of phenolic OH excluding ortho intramolecular Hbond substituents is 1. The monoisotopic (exact) mass is 783 g/mol. The molecule has 1 radical (unpaired) electrons. The third-order valence-corrected chi connectivity index (χ3v) is 8.68. The van der Waals surface area contributed by atoms with Gasteiger partial charge in [-0.3, -0.25) is 14.3 Å². The number of para-hydroxylation sites is 1. The number of aliphatic carboxylic acids is 1. The van der Waals surface area contributed by atoms with Crippen LogP contribution in [0.5, 0.6) is 5.75 Å². The number of phenols is 1. The summed E-state index contributed by atoms with van der Waals surface area (Å²) in [5.41, 5.74) is 8.12. The number of rotatable bonds is 7. The summed E-state index contributed by atoms with van der Waals surface area (Å²) in [6, 6.07) is 19.9. The third kappa shape index (κ3) is 8.71. The first kappa shape index (κ1) is 38.5. The standard InChI is InChI=1S/C29H24N8O7S2.C2H4O2.Cu/c1-16-25(29(30)37(36-16)20-9-11-21(12-10-20)45(39,40)41)34-32-19-8-7-18-14-24(46(42,43)44)27(28(38)22(18)15-19)35-33-23-6-2-4-17-5-3-13-31-26(17)23;1-2(3)4;/h2-15,38,42-44H,30H2,1H3,(H,39,40,41);1H3,(H,3,4);. The van der Waals surface area contributed by atoms with E-state index in [-0.39, 0.29) is 50.2 Å². The molecular formula is C31H28CuN8O9S2. The molecule has 6 aromatic rings. The van der Waals surface area contributed by atoms with Crippen molar-refractivity contribution in [2.75, 3.05) is 5.73 Å². The number of hydrogen-bond acceptors (Lipinski definition) is 14. The fourth-order valence-corrected chi connectivity index (χ4v) is 5.86. The average Bonchev–Trinajstić information content (AvgIpc) is 3.34. The van der Waals surface area contributed by atoms with E-state index in [1.807, 2.05) is 12.1 Å². The number of benzene rings is 4. The fraction of sp³-hybridized carbons (Fsp3) is 0.0645. The number of azo groups is 2. The van der Waals surface area contributed by atoms with Crippen LogP contribution in [0.25, 0.3) is 27.4 Å². The van der Waals surface area contributed by atoms with Crippen LogP contribution in [0, 0.1) is 6.92 Å². The molecule has 4 aromatic carbocycles. The summed E-state index contributed by atoms with van der Waals surface area (Å²) >= 11 is 0. The summed E-state index contributed by atoms with van der Waals surface area (Å²) in [6.45, 7) is 2.73. The van der Waals surface area contributed by atoms with Gasteiger partial charge >= 0.3 is 0 Å². The van der Waals surface area contributed by atoms with Crippen molar-refractivity contribution >= 4 is 77.2 Å². The van der Waals surface area contributed by atoms with Crippen LogP contribution in [0.2, 0.25) is 0 Å². The summed E-state index contributed by atoms with van der Waals surface area (Å²) in [5.74, 6) is -1.22. The van der Waals surface area contributed by atoms with Gasteiger partial charge in [-0.1, -0.05) is 24.3 Å². The molecule has 2 aromatic heterocycles. The van der Waals surface area contributed by atoms with Crippen LogP contribution < -0.4 is 5.73 Å². The van der Waals surface area contributed by atoms with Gasteiger partial charge in [0.05, 0.1) is 32.4 Å². The molecule has 0 spiro atoms. The third-order valence-electron chi connectivity index (χ3n) is 6.91. The molecule has 0 amide bonds. The quantitative estimate of drug-likeness (QED) is 0.0462. The van der Waals surface area contributed by atoms with E-state index in [2.05, 4.69) is 30.5 Å². The van der Waals surface area contributed by atoms with E-state index in [0.29, 0.717) is 28.0 Å². The maximum absolute atomic E-state index is 11.4. The Hall–Kier alpha value is -5.31. The molecule has 0 aliphatic carbocycles. The summed E-state index contributed by atoms with van der Waals surface area (Å²) in [6.07, 6.45) is 1.59. The minimum absolute atomic E-state index is 0. The van der Waals surface area contributed by atoms with E-state index in [9.17, 15) is 31.7 Å². The van der Waals surface area contributed by atoms with Crippen LogP contribution in [-0.4, -0.2) is 57.6 Å². The average molecular weight is 784 g/mol. The molecule has 0 aliphatic heterocycles. The van der Waals surface area contributed by atoms with Gasteiger partial charge in [0.15, 0.2) is 17.3 Å². The Balaban J connectivity index is 0.00000111.